The molecule has 0 aromatic carbocycles. The molecule has 0 amide bonds. The van der Waals surface area contributed by atoms with Gasteiger partial charge in [-0.2, -0.15) is 0 Å². The molecule has 5 nitrogen and oxygen atoms in total. The van der Waals surface area contributed by atoms with Crippen LogP contribution in [0.3, 0.4) is 0 Å². The molecule has 0 heterocycles. The molecule has 1 aliphatic rings. The van der Waals surface area contributed by atoms with Gasteiger partial charge in [0.05, 0.1) is 17.6 Å². The fourth-order valence-corrected chi connectivity index (χ4v) is 1.65. The maximum atomic E-state index is 10.5. The fraction of sp³-hybridized carbons (Fsp3) is 0.273. The predicted molar refractivity (Wildman–Crippen MR) is 62.1 cm³/mol. The third-order valence-corrected chi connectivity index (χ3v) is 2.62. The van der Waals surface area contributed by atoms with E-state index in [1.54, 1.807) is 12.1 Å². The van der Waals surface area contributed by atoms with Gasteiger partial charge in [-0.3, -0.25) is 10.1 Å². The highest BCUT2D eigenvalue weighted by Crippen LogP contribution is 2.27. The van der Waals surface area contributed by atoms with E-state index in [0.717, 1.165) is 5.57 Å². The molecule has 0 aromatic heterocycles. The Kier molecular flexibility index (Phi) is 4.45. The van der Waals surface area contributed by atoms with Gasteiger partial charge in [-0.25, -0.2) is 10.1 Å². The van der Waals surface area contributed by atoms with E-state index in [2.05, 4.69) is 4.85 Å². The van der Waals surface area contributed by atoms with E-state index in [1.807, 2.05) is 0 Å². The van der Waals surface area contributed by atoms with E-state index in [-0.39, 0.29) is 16.4 Å². The molecule has 17 heavy (non-hydrogen) atoms. The molecule has 0 unspecified atom stereocenters. The summed E-state index contributed by atoms with van der Waals surface area (Å²) < 4.78 is 0. The molecule has 0 fully saturated rings. The molecule has 6 heteroatoms. The van der Waals surface area contributed by atoms with Crippen LogP contribution >= 0.6 is 11.6 Å². The number of rotatable bonds is 3. The second-order valence-electron chi connectivity index (χ2n) is 3.39. The lowest BCUT2D eigenvalue weighted by Crippen LogP contribution is -2.02. The van der Waals surface area contributed by atoms with Gasteiger partial charge < -0.3 is 0 Å². The lowest BCUT2D eigenvalue weighted by molar-refractivity contribution is -0.428. The Bertz CT molecular complexity index is 502. The second kappa shape index (κ2) is 5.83. The molecule has 0 atom stereocenters. The summed E-state index contributed by atoms with van der Waals surface area (Å²) in [6, 6.07) is 1.71. The molecule has 1 rings (SSSR count). The number of allylic oxidation sites excluding steroid dienone is 6. The third-order valence-electron chi connectivity index (χ3n) is 2.31. The summed E-state index contributed by atoms with van der Waals surface area (Å²) in [5, 5.41) is 19.3. The first kappa shape index (κ1) is 13.0. The molecule has 0 spiro atoms. The van der Waals surface area contributed by atoms with Crippen molar-refractivity contribution in [2.24, 2.45) is 0 Å². The normalized spacial score (nSPS) is 15.9. The van der Waals surface area contributed by atoms with E-state index in [1.165, 1.54) is 6.08 Å². The van der Waals surface area contributed by atoms with E-state index in [0.29, 0.717) is 19.3 Å². The van der Waals surface area contributed by atoms with Crippen molar-refractivity contribution in [1.29, 1.82) is 5.26 Å². The van der Waals surface area contributed by atoms with Crippen molar-refractivity contribution in [2.45, 2.75) is 19.3 Å². The van der Waals surface area contributed by atoms with Crippen molar-refractivity contribution in [2.75, 3.05) is 0 Å². The zero-order valence-corrected chi connectivity index (χ0v) is 9.57. The van der Waals surface area contributed by atoms with Gasteiger partial charge in [-0.05, 0) is 12.8 Å². The topological polar surface area (TPSA) is 71.3 Å². The molecule has 86 valence electrons. The van der Waals surface area contributed by atoms with Crippen molar-refractivity contribution < 1.29 is 4.92 Å². The minimum Gasteiger partial charge on any atom is -0.259 e. The average Bonchev–Trinajstić information content (AvgIpc) is 2.31. The van der Waals surface area contributed by atoms with Crippen LogP contribution in [-0.2, 0) is 0 Å². The number of nitriles is 1. The molecule has 1 aliphatic carbocycles. The highest BCUT2D eigenvalue weighted by Gasteiger charge is 2.16. The summed E-state index contributed by atoms with van der Waals surface area (Å²) in [6.45, 7) is 6.74. The van der Waals surface area contributed by atoms with Crippen molar-refractivity contribution in [3.8, 4) is 6.07 Å². The van der Waals surface area contributed by atoms with Crippen LogP contribution in [0.5, 0.6) is 0 Å². The van der Waals surface area contributed by atoms with Crippen LogP contribution in [0.15, 0.2) is 34.2 Å². The van der Waals surface area contributed by atoms with Crippen LogP contribution in [0.4, 0.5) is 0 Å². The van der Waals surface area contributed by atoms with Crippen LogP contribution in [-0.4, -0.2) is 4.92 Å². The number of nitro groups is 1. The number of hydrogen-bond donors (Lipinski definition) is 0. The molecule has 0 aliphatic heterocycles. The highest BCUT2D eigenvalue weighted by molar-refractivity contribution is 6.30. The maximum absolute atomic E-state index is 10.5. The van der Waals surface area contributed by atoms with Crippen LogP contribution < -0.4 is 0 Å². The second-order valence-corrected chi connectivity index (χ2v) is 3.85. The largest absolute Gasteiger partial charge is 0.276 e. The first-order valence-electron chi connectivity index (χ1n) is 4.77. The van der Waals surface area contributed by atoms with E-state index in [9.17, 15) is 10.1 Å². The molecule has 0 aromatic rings. The van der Waals surface area contributed by atoms with Gasteiger partial charge in [0.25, 0.3) is 5.70 Å². The smallest absolute Gasteiger partial charge is 0.259 e. The summed E-state index contributed by atoms with van der Waals surface area (Å²) in [5.41, 5.74) is 0.924. The van der Waals surface area contributed by atoms with Gasteiger partial charge in [-0.15, -0.1) is 11.6 Å². The monoisotopic (exact) mass is 249 g/mol. The van der Waals surface area contributed by atoms with Gasteiger partial charge >= 0.3 is 0 Å². The summed E-state index contributed by atoms with van der Waals surface area (Å²) in [5.74, 6) is 0. The van der Waals surface area contributed by atoms with Gasteiger partial charge in [-0.1, -0.05) is 11.6 Å². The number of hydrogen-bond acceptors (Lipinski definition) is 3. The summed E-state index contributed by atoms with van der Waals surface area (Å²) in [7, 11) is 0. The SMILES string of the molecule is [C-]#[N+]/C(C#N)=C(\Cl)CC1=CC=C([N+](=O)[O-])CC1. The summed E-state index contributed by atoms with van der Waals surface area (Å²) in [4.78, 5) is 13.1. The zero-order chi connectivity index (χ0) is 12.8. The fourth-order valence-electron chi connectivity index (χ4n) is 1.40. The Balaban J connectivity index is 2.81. The predicted octanol–water partition coefficient (Wildman–Crippen LogP) is 3.15. The standard InChI is InChI=1S/C11H8ClN3O2/c1-14-11(7-13)10(12)6-8-2-4-9(5-3-8)15(16)17/h2,4H,3,5-6H2/b11-10-. The third kappa shape index (κ3) is 3.44. The van der Waals surface area contributed by atoms with Gasteiger partial charge in [0, 0.05) is 17.5 Å². The zero-order valence-electron chi connectivity index (χ0n) is 8.81. The van der Waals surface area contributed by atoms with Gasteiger partial charge in [0.1, 0.15) is 0 Å². The van der Waals surface area contributed by atoms with Gasteiger partial charge in [0.15, 0.2) is 0 Å². The molecule has 0 bridgehead atoms. The Hall–Kier alpha value is -2.11. The molecule has 0 saturated heterocycles. The van der Waals surface area contributed by atoms with Crippen molar-refractivity contribution in [3.63, 3.8) is 0 Å². The number of nitrogens with zero attached hydrogens (tertiary/aromatic N) is 3. The summed E-state index contributed by atoms with van der Waals surface area (Å²) >= 11 is 5.83. The first-order chi connectivity index (χ1) is 8.08. The molecule has 0 N–H and O–H groups in total. The Morgan fingerprint density at radius 3 is 2.76 bits per heavy atom. The Labute approximate surface area is 103 Å². The quantitative estimate of drug-likeness (QED) is 0.334. The minimum absolute atomic E-state index is 0.128. The van der Waals surface area contributed by atoms with Crippen molar-refractivity contribution >= 4 is 11.6 Å². The summed E-state index contributed by atoms with van der Waals surface area (Å²) in [6.07, 6.45) is 4.24. The average molecular weight is 250 g/mol. The maximum Gasteiger partial charge on any atom is 0.276 e. The Morgan fingerprint density at radius 2 is 2.35 bits per heavy atom. The molecular formula is C11H8ClN3O2. The van der Waals surface area contributed by atoms with Crippen LogP contribution in [0.1, 0.15) is 19.3 Å². The van der Waals surface area contributed by atoms with Crippen molar-refractivity contribution in [3.05, 3.63) is 55.7 Å². The van der Waals surface area contributed by atoms with Crippen molar-refractivity contribution in [1.82, 2.24) is 0 Å². The molecular weight excluding hydrogens is 242 g/mol. The first-order valence-corrected chi connectivity index (χ1v) is 5.15. The van der Waals surface area contributed by atoms with Gasteiger partial charge in [0.2, 0.25) is 5.70 Å². The minimum atomic E-state index is -0.412. The highest BCUT2D eigenvalue weighted by atomic mass is 35.5. The molecule has 0 saturated carbocycles. The molecule has 0 radical (unpaired) electrons. The van der Waals surface area contributed by atoms with E-state index in [4.69, 9.17) is 23.4 Å². The lowest BCUT2D eigenvalue weighted by Gasteiger charge is -2.09. The van der Waals surface area contributed by atoms with E-state index < -0.39 is 4.92 Å². The van der Waals surface area contributed by atoms with Crippen LogP contribution in [0, 0.1) is 28.0 Å². The van der Waals surface area contributed by atoms with Crippen LogP contribution in [0.2, 0.25) is 0 Å². The van der Waals surface area contributed by atoms with E-state index >= 15 is 0 Å². The lowest BCUT2D eigenvalue weighted by atomic mass is 9.99. The Morgan fingerprint density at radius 1 is 1.65 bits per heavy atom. The number of halogens is 1. The van der Waals surface area contributed by atoms with Crippen LogP contribution in [0.25, 0.3) is 4.85 Å².